The van der Waals surface area contributed by atoms with E-state index >= 15 is 0 Å². The zero-order valence-corrected chi connectivity index (χ0v) is 10.5. The van der Waals surface area contributed by atoms with E-state index in [9.17, 15) is 0 Å². The van der Waals surface area contributed by atoms with E-state index in [1.807, 2.05) is 42.6 Å². The first-order valence-electron chi connectivity index (χ1n) is 6.20. The summed E-state index contributed by atoms with van der Waals surface area (Å²) in [4.78, 5) is 4.19. The SMILES string of the molecule is CCC(N)Cc1cncc(Oc2ccccc2)c1. The Morgan fingerprint density at radius 1 is 1.17 bits per heavy atom. The Balaban J connectivity index is 2.08. The largest absolute Gasteiger partial charge is 0.456 e. The Labute approximate surface area is 108 Å². The predicted molar refractivity (Wildman–Crippen MR) is 72.7 cm³/mol. The number of pyridine rings is 1. The summed E-state index contributed by atoms with van der Waals surface area (Å²) in [5.41, 5.74) is 7.05. The molecule has 1 aromatic heterocycles. The van der Waals surface area contributed by atoms with Crippen molar-refractivity contribution in [3.8, 4) is 11.5 Å². The number of hydrogen-bond acceptors (Lipinski definition) is 3. The fraction of sp³-hybridized carbons (Fsp3) is 0.267. The molecule has 0 aliphatic rings. The van der Waals surface area contributed by atoms with E-state index in [4.69, 9.17) is 10.5 Å². The molecule has 0 aliphatic heterocycles. The van der Waals surface area contributed by atoms with Crippen LogP contribution in [0.5, 0.6) is 11.5 Å². The monoisotopic (exact) mass is 242 g/mol. The summed E-state index contributed by atoms with van der Waals surface area (Å²) in [6.07, 6.45) is 5.35. The molecule has 3 nitrogen and oxygen atoms in total. The topological polar surface area (TPSA) is 48.1 Å². The Morgan fingerprint density at radius 2 is 1.94 bits per heavy atom. The molecule has 0 aliphatic carbocycles. The summed E-state index contributed by atoms with van der Waals surface area (Å²) in [5.74, 6) is 1.57. The van der Waals surface area contributed by atoms with Gasteiger partial charge in [-0.25, -0.2) is 0 Å². The zero-order chi connectivity index (χ0) is 12.8. The molecule has 1 aromatic carbocycles. The van der Waals surface area contributed by atoms with Crippen LogP contribution in [0, 0.1) is 0 Å². The number of ether oxygens (including phenoxy) is 1. The van der Waals surface area contributed by atoms with Gasteiger partial charge >= 0.3 is 0 Å². The van der Waals surface area contributed by atoms with E-state index in [2.05, 4.69) is 11.9 Å². The highest BCUT2D eigenvalue weighted by molar-refractivity contribution is 5.31. The smallest absolute Gasteiger partial charge is 0.145 e. The fourth-order valence-corrected chi connectivity index (χ4v) is 1.70. The summed E-state index contributed by atoms with van der Waals surface area (Å²) in [6.45, 7) is 2.09. The highest BCUT2D eigenvalue weighted by Crippen LogP contribution is 2.21. The van der Waals surface area contributed by atoms with E-state index in [0.717, 1.165) is 29.9 Å². The summed E-state index contributed by atoms with van der Waals surface area (Å²) in [5, 5.41) is 0. The summed E-state index contributed by atoms with van der Waals surface area (Å²) >= 11 is 0. The summed E-state index contributed by atoms with van der Waals surface area (Å²) in [6, 6.07) is 11.9. The number of hydrogen-bond donors (Lipinski definition) is 1. The van der Waals surface area contributed by atoms with Crippen molar-refractivity contribution in [1.29, 1.82) is 0 Å². The molecular weight excluding hydrogens is 224 g/mol. The minimum atomic E-state index is 0.179. The van der Waals surface area contributed by atoms with Gasteiger partial charge in [0.25, 0.3) is 0 Å². The highest BCUT2D eigenvalue weighted by Gasteiger charge is 2.04. The second-order valence-electron chi connectivity index (χ2n) is 4.32. The Bertz CT molecular complexity index is 485. The van der Waals surface area contributed by atoms with Crippen molar-refractivity contribution < 1.29 is 4.74 Å². The van der Waals surface area contributed by atoms with Crippen molar-refractivity contribution in [1.82, 2.24) is 4.98 Å². The number of nitrogens with zero attached hydrogens (tertiary/aromatic N) is 1. The van der Waals surface area contributed by atoms with Gasteiger partial charge in [0.1, 0.15) is 11.5 Å². The molecule has 0 amide bonds. The van der Waals surface area contributed by atoms with Gasteiger partial charge in [0.2, 0.25) is 0 Å². The van der Waals surface area contributed by atoms with Crippen molar-refractivity contribution in [2.75, 3.05) is 0 Å². The first-order valence-corrected chi connectivity index (χ1v) is 6.20. The second-order valence-corrected chi connectivity index (χ2v) is 4.32. The van der Waals surface area contributed by atoms with Crippen molar-refractivity contribution in [3.63, 3.8) is 0 Å². The maximum absolute atomic E-state index is 5.94. The van der Waals surface area contributed by atoms with Crippen molar-refractivity contribution in [3.05, 3.63) is 54.4 Å². The average Bonchev–Trinajstić information content (AvgIpc) is 2.40. The van der Waals surface area contributed by atoms with Crippen LogP contribution in [0.4, 0.5) is 0 Å². The maximum Gasteiger partial charge on any atom is 0.145 e. The minimum Gasteiger partial charge on any atom is -0.456 e. The maximum atomic E-state index is 5.94. The molecule has 0 radical (unpaired) electrons. The molecule has 2 N–H and O–H groups in total. The van der Waals surface area contributed by atoms with Crippen molar-refractivity contribution in [2.24, 2.45) is 5.73 Å². The molecule has 3 heteroatoms. The van der Waals surface area contributed by atoms with Gasteiger partial charge in [-0.3, -0.25) is 4.98 Å². The Morgan fingerprint density at radius 3 is 2.67 bits per heavy atom. The molecule has 18 heavy (non-hydrogen) atoms. The van der Waals surface area contributed by atoms with Crippen LogP contribution in [0.25, 0.3) is 0 Å². The third-order valence-corrected chi connectivity index (χ3v) is 2.77. The van der Waals surface area contributed by atoms with Crippen molar-refractivity contribution >= 4 is 0 Å². The van der Waals surface area contributed by atoms with E-state index in [1.54, 1.807) is 6.20 Å². The van der Waals surface area contributed by atoms with Crippen molar-refractivity contribution in [2.45, 2.75) is 25.8 Å². The summed E-state index contributed by atoms with van der Waals surface area (Å²) in [7, 11) is 0. The molecule has 0 saturated heterocycles. The van der Waals surface area contributed by atoms with Crippen LogP contribution >= 0.6 is 0 Å². The molecule has 0 spiro atoms. The first kappa shape index (κ1) is 12.6. The predicted octanol–water partition coefficient (Wildman–Crippen LogP) is 3.15. The quantitative estimate of drug-likeness (QED) is 0.876. The lowest BCUT2D eigenvalue weighted by atomic mass is 10.1. The van der Waals surface area contributed by atoms with Gasteiger partial charge in [0, 0.05) is 12.2 Å². The lowest BCUT2D eigenvalue weighted by Gasteiger charge is -2.10. The number of benzene rings is 1. The van der Waals surface area contributed by atoms with E-state index in [1.165, 1.54) is 0 Å². The number of nitrogens with two attached hydrogens (primary N) is 1. The normalized spacial score (nSPS) is 12.1. The lowest BCUT2D eigenvalue weighted by molar-refractivity contribution is 0.479. The standard InChI is InChI=1S/C15H18N2O/c1-2-13(16)8-12-9-15(11-17-10-12)18-14-6-4-3-5-7-14/h3-7,9-11,13H,2,8,16H2,1H3. The first-order chi connectivity index (χ1) is 8.78. The van der Waals surface area contributed by atoms with Crippen LogP contribution in [0.2, 0.25) is 0 Å². The Kier molecular flexibility index (Phi) is 4.31. The van der Waals surface area contributed by atoms with Gasteiger partial charge in [-0.05, 0) is 36.6 Å². The molecule has 1 heterocycles. The van der Waals surface area contributed by atoms with Crippen LogP contribution < -0.4 is 10.5 Å². The van der Waals surface area contributed by atoms with Gasteiger partial charge < -0.3 is 10.5 Å². The zero-order valence-electron chi connectivity index (χ0n) is 10.5. The van der Waals surface area contributed by atoms with Gasteiger partial charge in [0.15, 0.2) is 0 Å². The number of aromatic nitrogens is 1. The third kappa shape index (κ3) is 3.57. The molecule has 1 atom stereocenters. The van der Waals surface area contributed by atoms with Crippen LogP contribution in [-0.4, -0.2) is 11.0 Å². The fourth-order valence-electron chi connectivity index (χ4n) is 1.70. The van der Waals surface area contributed by atoms with Gasteiger partial charge in [0.05, 0.1) is 6.20 Å². The molecule has 1 unspecified atom stereocenters. The van der Waals surface area contributed by atoms with Crippen LogP contribution in [0.1, 0.15) is 18.9 Å². The van der Waals surface area contributed by atoms with E-state index in [-0.39, 0.29) is 6.04 Å². The Hall–Kier alpha value is -1.87. The van der Waals surface area contributed by atoms with Gasteiger partial charge in [-0.1, -0.05) is 25.1 Å². The molecule has 2 aromatic rings. The van der Waals surface area contributed by atoms with Gasteiger partial charge in [-0.15, -0.1) is 0 Å². The molecular formula is C15H18N2O. The summed E-state index contributed by atoms with van der Waals surface area (Å²) < 4.78 is 5.73. The number of para-hydroxylation sites is 1. The van der Waals surface area contributed by atoms with Gasteiger partial charge in [-0.2, -0.15) is 0 Å². The van der Waals surface area contributed by atoms with E-state index < -0.39 is 0 Å². The van der Waals surface area contributed by atoms with Crippen LogP contribution in [-0.2, 0) is 6.42 Å². The minimum absolute atomic E-state index is 0.179. The molecule has 0 fully saturated rings. The molecule has 94 valence electrons. The molecule has 0 saturated carbocycles. The second kappa shape index (κ2) is 6.17. The molecule has 0 bridgehead atoms. The third-order valence-electron chi connectivity index (χ3n) is 2.77. The highest BCUT2D eigenvalue weighted by atomic mass is 16.5. The number of rotatable bonds is 5. The van der Waals surface area contributed by atoms with Crippen LogP contribution in [0.15, 0.2) is 48.8 Å². The van der Waals surface area contributed by atoms with E-state index in [0.29, 0.717) is 0 Å². The van der Waals surface area contributed by atoms with Crippen LogP contribution in [0.3, 0.4) is 0 Å². The molecule has 2 rings (SSSR count). The lowest BCUT2D eigenvalue weighted by Crippen LogP contribution is -2.21. The average molecular weight is 242 g/mol.